The number of hydrogen-bond donors (Lipinski definition) is 0. The van der Waals surface area contributed by atoms with Crippen LogP contribution in [0.2, 0.25) is 0 Å². The quantitative estimate of drug-likeness (QED) is 0.642. The highest BCUT2D eigenvalue weighted by molar-refractivity contribution is 7.54. The van der Waals surface area contributed by atoms with Crippen LogP contribution in [0.5, 0.6) is 5.75 Å². The van der Waals surface area contributed by atoms with E-state index in [0.717, 1.165) is 17.5 Å². The lowest BCUT2D eigenvalue weighted by Crippen LogP contribution is -2.14. The van der Waals surface area contributed by atoms with Crippen LogP contribution in [0.4, 0.5) is 0 Å². The van der Waals surface area contributed by atoms with Crippen LogP contribution in [0.1, 0.15) is 17.3 Å². The molecule has 1 aliphatic rings. The zero-order valence-corrected chi connectivity index (χ0v) is 8.38. The van der Waals surface area contributed by atoms with E-state index in [9.17, 15) is 4.79 Å². The summed E-state index contributed by atoms with van der Waals surface area (Å²) in [4.78, 5) is 11.6. The highest BCUT2D eigenvalue weighted by Gasteiger charge is 2.24. The Morgan fingerprint density at radius 2 is 2.23 bits per heavy atom. The van der Waals surface area contributed by atoms with Crippen LogP contribution in [-0.2, 0) is 0 Å². The minimum Gasteiger partial charge on any atom is -0.473 e. The van der Waals surface area contributed by atoms with E-state index in [2.05, 4.69) is 6.92 Å². The van der Waals surface area contributed by atoms with Crippen molar-refractivity contribution in [1.29, 1.82) is 0 Å². The molecule has 0 aliphatic carbocycles. The topological polar surface area (TPSA) is 26.3 Å². The maximum absolute atomic E-state index is 11.6. The second-order valence-corrected chi connectivity index (χ2v) is 5.06. The molecule has 2 rings (SSSR count). The third kappa shape index (κ3) is 1.59. The summed E-state index contributed by atoms with van der Waals surface area (Å²) >= 11 is 0. The van der Waals surface area contributed by atoms with Crippen molar-refractivity contribution in [3.05, 3.63) is 29.8 Å². The first-order valence-electron chi connectivity index (χ1n) is 4.36. The van der Waals surface area contributed by atoms with Crippen LogP contribution in [0.15, 0.2) is 24.3 Å². The zero-order chi connectivity index (χ0) is 9.26. The molecule has 0 aromatic heterocycles. The standard InChI is InChI=1S/C10H11O2P/c1-2-13-7-9(11)8-5-3-4-6-10(8)12-13/h3-6H,2,7H2,1H3. The van der Waals surface area contributed by atoms with Crippen LogP contribution in [0.3, 0.4) is 0 Å². The SMILES string of the molecule is CCP1CC(=O)c2ccccc2O1. The summed E-state index contributed by atoms with van der Waals surface area (Å²) in [5.41, 5.74) is 0.745. The Kier molecular flexibility index (Phi) is 2.32. The fraction of sp³-hybridized carbons (Fsp3) is 0.300. The van der Waals surface area contributed by atoms with Crippen LogP contribution < -0.4 is 4.52 Å². The molecule has 0 bridgehead atoms. The second-order valence-electron chi connectivity index (χ2n) is 2.97. The Balaban J connectivity index is 2.37. The third-order valence-electron chi connectivity index (χ3n) is 2.09. The molecule has 0 radical (unpaired) electrons. The van der Waals surface area contributed by atoms with Crippen LogP contribution in [0, 0.1) is 0 Å². The largest absolute Gasteiger partial charge is 0.473 e. The van der Waals surface area contributed by atoms with Crippen LogP contribution in [-0.4, -0.2) is 18.1 Å². The molecular formula is C10H11O2P. The van der Waals surface area contributed by atoms with Gasteiger partial charge in [-0.2, -0.15) is 0 Å². The first kappa shape index (κ1) is 8.71. The highest BCUT2D eigenvalue weighted by atomic mass is 31.1. The van der Waals surface area contributed by atoms with Gasteiger partial charge in [0.25, 0.3) is 0 Å². The van der Waals surface area contributed by atoms with E-state index in [1.807, 2.05) is 24.3 Å². The van der Waals surface area contributed by atoms with Crippen molar-refractivity contribution in [2.24, 2.45) is 0 Å². The van der Waals surface area contributed by atoms with Crippen molar-refractivity contribution in [2.45, 2.75) is 6.92 Å². The fourth-order valence-corrected chi connectivity index (χ4v) is 2.71. The summed E-state index contributed by atoms with van der Waals surface area (Å²) in [5, 5.41) is 0. The van der Waals surface area contributed by atoms with Gasteiger partial charge >= 0.3 is 0 Å². The third-order valence-corrected chi connectivity index (χ3v) is 3.89. The predicted molar refractivity (Wildman–Crippen MR) is 53.7 cm³/mol. The van der Waals surface area contributed by atoms with E-state index in [0.29, 0.717) is 6.16 Å². The number of Topliss-reactive ketones (excluding diaryl/α,β-unsaturated/α-hetero) is 1. The van der Waals surface area contributed by atoms with Crippen molar-refractivity contribution in [3.8, 4) is 5.75 Å². The lowest BCUT2D eigenvalue weighted by atomic mass is 10.1. The Labute approximate surface area is 78.7 Å². The number of ketones is 1. The number of carbonyl (C=O) groups excluding carboxylic acids is 1. The summed E-state index contributed by atoms with van der Waals surface area (Å²) in [6.45, 7) is 2.06. The van der Waals surface area contributed by atoms with Gasteiger partial charge in [0.05, 0.1) is 19.9 Å². The van der Waals surface area contributed by atoms with Crippen molar-refractivity contribution >= 4 is 13.9 Å². The lowest BCUT2D eigenvalue weighted by Gasteiger charge is -2.23. The lowest BCUT2D eigenvalue weighted by molar-refractivity contribution is 0.101. The van der Waals surface area contributed by atoms with Crippen molar-refractivity contribution < 1.29 is 9.32 Å². The van der Waals surface area contributed by atoms with Gasteiger partial charge in [0.1, 0.15) is 5.75 Å². The monoisotopic (exact) mass is 194 g/mol. The maximum Gasteiger partial charge on any atom is 0.174 e. The van der Waals surface area contributed by atoms with Gasteiger partial charge in [-0.1, -0.05) is 19.1 Å². The Bertz CT molecular complexity index is 335. The zero-order valence-electron chi connectivity index (χ0n) is 7.49. The van der Waals surface area contributed by atoms with E-state index in [4.69, 9.17) is 4.52 Å². The van der Waals surface area contributed by atoms with Gasteiger partial charge in [-0.3, -0.25) is 4.79 Å². The van der Waals surface area contributed by atoms with Crippen molar-refractivity contribution in [1.82, 2.24) is 0 Å². The minimum absolute atomic E-state index is 0.231. The Hall–Kier alpha value is -0.880. The molecule has 0 saturated carbocycles. The summed E-state index contributed by atoms with van der Waals surface area (Å²) < 4.78 is 5.70. The highest BCUT2D eigenvalue weighted by Crippen LogP contribution is 2.43. The molecule has 0 spiro atoms. The van der Waals surface area contributed by atoms with Crippen molar-refractivity contribution in [3.63, 3.8) is 0 Å². The van der Waals surface area contributed by atoms with Crippen LogP contribution in [0.25, 0.3) is 0 Å². The fourth-order valence-electron chi connectivity index (χ4n) is 1.37. The molecule has 2 nitrogen and oxygen atoms in total. The molecule has 0 N–H and O–H groups in total. The number of hydrogen-bond acceptors (Lipinski definition) is 2. The normalized spacial score (nSPS) is 20.7. The maximum atomic E-state index is 11.6. The summed E-state index contributed by atoms with van der Waals surface area (Å²) in [6, 6.07) is 7.48. The van der Waals surface area contributed by atoms with Gasteiger partial charge in [-0.25, -0.2) is 0 Å². The number of fused-ring (bicyclic) bond motifs is 1. The average molecular weight is 194 g/mol. The van der Waals surface area contributed by atoms with Crippen LogP contribution >= 0.6 is 8.15 Å². The van der Waals surface area contributed by atoms with Gasteiger partial charge in [0.15, 0.2) is 5.78 Å². The molecule has 68 valence electrons. The summed E-state index contributed by atoms with van der Waals surface area (Å²) in [5.74, 6) is 1.00. The van der Waals surface area contributed by atoms with Gasteiger partial charge in [0.2, 0.25) is 0 Å². The second kappa shape index (κ2) is 3.47. The molecule has 1 atom stereocenters. The first-order chi connectivity index (χ1) is 6.31. The van der Waals surface area contributed by atoms with E-state index in [1.165, 1.54) is 0 Å². The smallest absolute Gasteiger partial charge is 0.174 e. The minimum atomic E-state index is -0.545. The van der Waals surface area contributed by atoms with Gasteiger partial charge in [-0.05, 0) is 12.1 Å². The Morgan fingerprint density at radius 3 is 3.00 bits per heavy atom. The molecular weight excluding hydrogens is 183 g/mol. The number of benzene rings is 1. The molecule has 1 aromatic rings. The molecule has 3 heteroatoms. The van der Waals surface area contributed by atoms with Gasteiger partial charge in [0, 0.05) is 6.16 Å². The number of rotatable bonds is 1. The molecule has 1 aliphatic heterocycles. The van der Waals surface area contributed by atoms with E-state index >= 15 is 0 Å². The molecule has 0 amide bonds. The molecule has 0 fully saturated rings. The van der Waals surface area contributed by atoms with Crippen molar-refractivity contribution in [2.75, 3.05) is 12.3 Å². The van der Waals surface area contributed by atoms with Gasteiger partial charge < -0.3 is 4.52 Å². The number of carbonyl (C=O) groups is 1. The van der Waals surface area contributed by atoms with E-state index < -0.39 is 8.15 Å². The summed E-state index contributed by atoms with van der Waals surface area (Å²) in [7, 11) is -0.545. The molecule has 0 saturated heterocycles. The predicted octanol–water partition coefficient (Wildman–Crippen LogP) is 2.68. The molecule has 1 aromatic carbocycles. The summed E-state index contributed by atoms with van der Waals surface area (Å²) in [6.07, 6.45) is 1.54. The van der Waals surface area contributed by atoms with Gasteiger partial charge in [-0.15, -0.1) is 0 Å². The molecule has 13 heavy (non-hydrogen) atoms. The Morgan fingerprint density at radius 1 is 1.46 bits per heavy atom. The molecule has 1 heterocycles. The van der Waals surface area contributed by atoms with E-state index in [-0.39, 0.29) is 5.78 Å². The average Bonchev–Trinajstić information content (AvgIpc) is 2.18. The molecule has 1 unspecified atom stereocenters. The van der Waals surface area contributed by atoms with E-state index in [1.54, 1.807) is 0 Å². The number of para-hydroxylation sites is 1. The first-order valence-corrected chi connectivity index (χ1v) is 5.99.